The van der Waals surface area contributed by atoms with Crippen molar-refractivity contribution in [1.82, 2.24) is 25.3 Å². The zero-order valence-electron chi connectivity index (χ0n) is 20.8. The molecule has 188 valence electrons. The number of pyridine rings is 2. The molecule has 2 aromatic carbocycles. The molecule has 0 saturated carbocycles. The zero-order valence-corrected chi connectivity index (χ0v) is 20.8. The smallest absolute Gasteiger partial charge is 0.255 e. The van der Waals surface area contributed by atoms with Gasteiger partial charge in [0.2, 0.25) is 0 Å². The number of hydrogen-bond acceptors (Lipinski definition) is 6. The van der Waals surface area contributed by atoms with Crippen LogP contribution in [0.15, 0.2) is 73.1 Å². The van der Waals surface area contributed by atoms with Crippen molar-refractivity contribution in [3.05, 3.63) is 107 Å². The molecule has 0 radical (unpaired) electrons. The summed E-state index contributed by atoms with van der Waals surface area (Å²) < 4.78 is 13.3. The molecular weight excluding hydrogens is 481 g/mol. The van der Waals surface area contributed by atoms with Crippen molar-refractivity contribution >= 4 is 22.9 Å². The van der Waals surface area contributed by atoms with E-state index in [-0.39, 0.29) is 28.9 Å². The number of anilines is 1. The van der Waals surface area contributed by atoms with Gasteiger partial charge < -0.3 is 15.6 Å². The summed E-state index contributed by atoms with van der Waals surface area (Å²) in [6.07, 6.45) is 3.23. The van der Waals surface area contributed by atoms with Crippen LogP contribution in [0.2, 0.25) is 0 Å². The average molecular weight is 506 g/mol. The molecule has 5 rings (SSSR count). The number of imidazole rings is 1. The second kappa shape index (κ2) is 10.5. The molecule has 9 heteroatoms. The first-order chi connectivity index (χ1) is 18.4. The number of halogens is 1. The van der Waals surface area contributed by atoms with Crippen LogP contribution in [0.4, 0.5) is 10.2 Å². The minimum Gasteiger partial charge on any atom is -0.365 e. The third kappa shape index (κ3) is 5.34. The van der Waals surface area contributed by atoms with Crippen molar-refractivity contribution in [2.24, 2.45) is 0 Å². The summed E-state index contributed by atoms with van der Waals surface area (Å²) in [6.45, 7) is 4.12. The Morgan fingerprint density at radius 3 is 2.55 bits per heavy atom. The Labute approximate surface area is 218 Å². The van der Waals surface area contributed by atoms with Crippen molar-refractivity contribution in [2.45, 2.75) is 26.4 Å². The molecule has 0 fully saturated rings. The van der Waals surface area contributed by atoms with Gasteiger partial charge >= 0.3 is 0 Å². The Bertz CT molecular complexity index is 1650. The number of fused-ring (bicyclic) bond motifs is 1. The van der Waals surface area contributed by atoms with E-state index in [1.165, 1.54) is 24.4 Å². The number of aromatic amines is 1. The molecule has 8 nitrogen and oxygen atoms in total. The molecular formula is C29H24FN7O. The van der Waals surface area contributed by atoms with Gasteiger partial charge in [0, 0.05) is 24.5 Å². The van der Waals surface area contributed by atoms with Crippen LogP contribution in [-0.2, 0) is 6.54 Å². The first-order valence-electron chi connectivity index (χ1n) is 12.0. The Kier molecular flexibility index (Phi) is 6.78. The fraction of sp³-hybridized carbons (Fsp3) is 0.138. The lowest BCUT2D eigenvalue weighted by atomic mass is 10.1. The van der Waals surface area contributed by atoms with E-state index in [4.69, 9.17) is 0 Å². The number of H-pyrrole nitrogens is 1. The fourth-order valence-electron chi connectivity index (χ4n) is 4.12. The molecule has 0 saturated heterocycles. The predicted molar refractivity (Wildman–Crippen MR) is 143 cm³/mol. The highest BCUT2D eigenvalue weighted by Gasteiger charge is 2.17. The Morgan fingerprint density at radius 2 is 1.82 bits per heavy atom. The van der Waals surface area contributed by atoms with E-state index < -0.39 is 0 Å². The van der Waals surface area contributed by atoms with Gasteiger partial charge in [-0.3, -0.25) is 4.79 Å². The first kappa shape index (κ1) is 24.6. The Morgan fingerprint density at radius 1 is 1.05 bits per heavy atom. The number of nitrogens with zero attached hydrogens (tertiary/aromatic N) is 4. The molecule has 0 aliphatic rings. The molecule has 1 amide bonds. The minimum absolute atomic E-state index is 0.253. The second-order valence-electron chi connectivity index (χ2n) is 8.94. The summed E-state index contributed by atoms with van der Waals surface area (Å²) in [4.78, 5) is 29.4. The van der Waals surface area contributed by atoms with Gasteiger partial charge in [-0.15, -0.1) is 0 Å². The standard InChI is InChI=1S/C29H24FN7O/c1-17(21-7-9-24(30)10-8-21)35-29(38)25-11-20(13-31)15-33-27(25)32-14-19-3-5-22(6-4-19)23-12-26-28(34-16-23)37-18(2)36-26/h3-12,15-17H,14H2,1-2H3,(H,32,33)(H,35,38)(H,34,36,37). The Hall–Kier alpha value is -5.10. The summed E-state index contributed by atoms with van der Waals surface area (Å²) in [7, 11) is 0. The van der Waals surface area contributed by atoms with Crippen LogP contribution in [0.25, 0.3) is 22.3 Å². The van der Waals surface area contributed by atoms with Crippen LogP contribution >= 0.6 is 0 Å². The number of benzene rings is 2. The average Bonchev–Trinajstić information content (AvgIpc) is 3.31. The number of hydrogen-bond donors (Lipinski definition) is 3. The van der Waals surface area contributed by atoms with Crippen LogP contribution in [0.1, 0.15) is 45.8 Å². The molecule has 38 heavy (non-hydrogen) atoms. The van der Waals surface area contributed by atoms with E-state index in [0.29, 0.717) is 12.4 Å². The van der Waals surface area contributed by atoms with E-state index in [9.17, 15) is 14.4 Å². The van der Waals surface area contributed by atoms with Crippen LogP contribution in [0, 0.1) is 24.1 Å². The van der Waals surface area contributed by atoms with Crippen molar-refractivity contribution in [2.75, 3.05) is 5.32 Å². The van der Waals surface area contributed by atoms with Gasteiger partial charge in [0.1, 0.15) is 29.0 Å². The van der Waals surface area contributed by atoms with E-state index in [0.717, 1.165) is 39.2 Å². The van der Waals surface area contributed by atoms with Crippen molar-refractivity contribution in [1.29, 1.82) is 5.26 Å². The monoisotopic (exact) mass is 505 g/mol. The summed E-state index contributed by atoms with van der Waals surface area (Å²) >= 11 is 0. The summed E-state index contributed by atoms with van der Waals surface area (Å²) in [5, 5.41) is 15.4. The maximum Gasteiger partial charge on any atom is 0.255 e. The number of carbonyl (C=O) groups excluding carboxylic acids is 1. The highest BCUT2D eigenvalue weighted by molar-refractivity contribution is 5.99. The molecule has 0 aliphatic heterocycles. The van der Waals surface area contributed by atoms with Gasteiger partial charge in [-0.2, -0.15) is 5.26 Å². The van der Waals surface area contributed by atoms with Crippen LogP contribution in [0.3, 0.4) is 0 Å². The number of aryl methyl sites for hydroxylation is 1. The number of carbonyl (C=O) groups is 1. The molecule has 0 bridgehead atoms. The van der Waals surface area contributed by atoms with Gasteiger partial charge in [0.05, 0.1) is 17.2 Å². The van der Waals surface area contributed by atoms with Crippen LogP contribution in [-0.4, -0.2) is 25.8 Å². The summed E-state index contributed by atoms with van der Waals surface area (Å²) in [5.41, 5.74) is 5.82. The number of amides is 1. The Balaban J connectivity index is 1.30. The topological polar surface area (TPSA) is 119 Å². The first-order valence-corrected chi connectivity index (χ1v) is 12.0. The number of nitrogens with one attached hydrogen (secondary N) is 3. The van der Waals surface area contributed by atoms with Crippen molar-refractivity contribution < 1.29 is 9.18 Å². The van der Waals surface area contributed by atoms with Crippen molar-refractivity contribution in [3.8, 4) is 17.2 Å². The largest absolute Gasteiger partial charge is 0.365 e. The van der Waals surface area contributed by atoms with E-state index in [2.05, 4.69) is 30.6 Å². The third-order valence-electron chi connectivity index (χ3n) is 6.18. The molecule has 0 aliphatic carbocycles. The van der Waals surface area contributed by atoms with Gasteiger partial charge in [-0.25, -0.2) is 19.3 Å². The molecule has 3 aromatic heterocycles. The molecule has 3 N–H and O–H groups in total. The van der Waals surface area contributed by atoms with Gasteiger partial charge in [0.25, 0.3) is 5.91 Å². The highest BCUT2D eigenvalue weighted by atomic mass is 19.1. The van der Waals surface area contributed by atoms with E-state index in [1.54, 1.807) is 12.1 Å². The molecule has 5 aromatic rings. The molecule has 0 spiro atoms. The maximum atomic E-state index is 13.3. The lowest BCUT2D eigenvalue weighted by molar-refractivity contribution is 0.0940. The lowest BCUT2D eigenvalue weighted by Gasteiger charge is -2.16. The third-order valence-corrected chi connectivity index (χ3v) is 6.18. The fourth-order valence-corrected chi connectivity index (χ4v) is 4.12. The highest BCUT2D eigenvalue weighted by Crippen LogP contribution is 2.23. The van der Waals surface area contributed by atoms with Crippen LogP contribution in [0.5, 0.6) is 0 Å². The second-order valence-corrected chi connectivity index (χ2v) is 8.94. The normalized spacial score (nSPS) is 11.6. The minimum atomic E-state index is -0.388. The predicted octanol–water partition coefficient (Wildman–Crippen LogP) is 5.44. The number of nitriles is 1. The summed E-state index contributed by atoms with van der Waals surface area (Å²) in [5.74, 6) is 0.449. The number of rotatable bonds is 7. The zero-order chi connectivity index (χ0) is 26.6. The SMILES string of the molecule is Cc1nc2cc(-c3ccc(CNc4ncc(C#N)cc4C(=O)NC(C)c4ccc(F)cc4)cc3)cnc2[nH]1. The summed E-state index contributed by atoms with van der Waals surface area (Å²) in [6, 6.07) is 19.1. The van der Waals surface area contributed by atoms with Gasteiger partial charge in [-0.1, -0.05) is 36.4 Å². The lowest BCUT2D eigenvalue weighted by Crippen LogP contribution is -2.28. The van der Waals surface area contributed by atoms with Crippen LogP contribution < -0.4 is 10.6 Å². The quantitative estimate of drug-likeness (QED) is 0.271. The molecule has 1 unspecified atom stereocenters. The molecule has 1 atom stereocenters. The number of aromatic nitrogens is 4. The van der Waals surface area contributed by atoms with Gasteiger partial charge in [0.15, 0.2) is 5.65 Å². The van der Waals surface area contributed by atoms with E-state index >= 15 is 0 Å². The maximum absolute atomic E-state index is 13.3. The van der Waals surface area contributed by atoms with Gasteiger partial charge in [-0.05, 0) is 54.8 Å². The molecule has 3 heterocycles. The van der Waals surface area contributed by atoms with Crippen molar-refractivity contribution in [3.63, 3.8) is 0 Å². The van der Waals surface area contributed by atoms with E-state index in [1.807, 2.05) is 56.4 Å².